The van der Waals surface area contributed by atoms with Crippen LogP contribution in [0.3, 0.4) is 0 Å². The molecule has 0 aromatic heterocycles. The summed E-state index contributed by atoms with van der Waals surface area (Å²) in [5.74, 6) is 0.691. The Kier molecular flexibility index (Phi) is 5.84. The number of hydrogen-bond acceptors (Lipinski definition) is 4. The van der Waals surface area contributed by atoms with Gasteiger partial charge in [0.25, 0.3) is 0 Å². The van der Waals surface area contributed by atoms with Crippen molar-refractivity contribution in [1.82, 2.24) is 4.90 Å². The van der Waals surface area contributed by atoms with Crippen LogP contribution in [0.5, 0.6) is 5.75 Å². The van der Waals surface area contributed by atoms with Crippen molar-refractivity contribution in [3.8, 4) is 5.75 Å². The number of nitrogens with zero attached hydrogens (tertiary/aromatic N) is 1. The van der Waals surface area contributed by atoms with Crippen LogP contribution in [0.2, 0.25) is 0 Å². The first-order chi connectivity index (χ1) is 14.1. The fourth-order valence-electron chi connectivity index (χ4n) is 4.18. The molecule has 29 heavy (non-hydrogen) atoms. The van der Waals surface area contributed by atoms with Crippen molar-refractivity contribution in [3.63, 3.8) is 0 Å². The van der Waals surface area contributed by atoms with E-state index in [1.54, 1.807) is 0 Å². The summed E-state index contributed by atoms with van der Waals surface area (Å²) in [6, 6.07) is 24.3. The number of ether oxygens (including phenoxy) is 1. The number of likely N-dealkylation sites (N-methyl/N-ethyl adjacent to an activating group) is 1. The zero-order valence-electron chi connectivity index (χ0n) is 16.8. The minimum absolute atomic E-state index is 0.0678. The Balaban J connectivity index is 1.48. The van der Waals surface area contributed by atoms with Crippen molar-refractivity contribution in [3.05, 3.63) is 95.1 Å². The Labute approximate surface area is 172 Å². The van der Waals surface area contributed by atoms with Gasteiger partial charge in [0.15, 0.2) is 0 Å². The second kappa shape index (κ2) is 8.68. The lowest BCUT2D eigenvalue weighted by atomic mass is 9.84. The van der Waals surface area contributed by atoms with Crippen molar-refractivity contribution < 1.29 is 9.84 Å². The summed E-state index contributed by atoms with van der Waals surface area (Å²) in [6.45, 7) is 1.29. The van der Waals surface area contributed by atoms with Gasteiger partial charge in [-0.1, -0.05) is 66.7 Å². The lowest BCUT2D eigenvalue weighted by molar-refractivity contribution is 0.0463. The average molecular weight is 389 g/mol. The number of aliphatic hydroxyl groups excluding tert-OH is 1. The molecule has 0 amide bonds. The molecule has 4 heteroatoms. The highest BCUT2D eigenvalue weighted by Crippen LogP contribution is 2.39. The Morgan fingerprint density at radius 2 is 1.62 bits per heavy atom. The summed E-state index contributed by atoms with van der Waals surface area (Å²) in [5.41, 5.74) is 11.4. The summed E-state index contributed by atoms with van der Waals surface area (Å²) in [4.78, 5) is 2.24. The van der Waals surface area contributed by atoms with E-state index in [9.17, 15) is 5.11 Å². The monoisotopic (exact) mass is 388 g/mol. The third-order valence-corrected chi connectivity index (χ3v) is 5.80. The largest absolute Gasteiger partial charge is 0.487 e. The first-order valence-electron chi connectivity index (χ1n) is 10.1. The molecule has 0 heterocycles. The molecule has 0 aliphatic heterocycles. The molecule has 0 fully saturated rings. The number of benzene rings is 3. The van der Waals surface area contributed by atoms with Gasteiger partial charge in [-0.2, -0.15) is 0 Å². The van der Waals surface area contributed by atoms with Crippen molar-refractivity contribution >= 4 is 5.69 Å². The molecule has 2 unspecified atom stereocenters. The van der Waals surface area contributed by atoms with E-state index >= 15 is 0 Å². The molecule has 0 saturated carbocycles. The predicted molar refractivity (Wildman–Crippen MR) is 117 cm³/mol. The van der Waals surface area contributed by atoms with E-state index in [2.05, 4.69) is 24.1 Å². The summed E-state index contributed by atoms with van der Waals surface area (Å²) < 4.78 is 5.96. The van der Waals surface area contributed by atoms with Crippen LogP contribution >= 0.6 is 0 Å². The van der Waals surface area contributed by atoms with Gasteiger partial charge in [-0.3, -0.25) is 4.90 Å². The Bertz CT molecular complexity index is 944. The van der Waals surface area contributed by atoms with Gasteiger partial charge in [0.2, 0.25) is 0 Å². The van der Waals surface area contributed by atoms with Crippen molar-refractivity contribution in [1.29, 1.82) is 0 Å². The molecule has 4 nitrogen and oxygen atoms in total. The molecule has 3 N–H and O–H groups in total. The van der Waals surface area contributed by atoms with Gasteiger partial charge in [-0.15, -0.1) is 0 Å². The number of aliphatic hydroxyl groups is 1. The molecule has 4 rings (SSSR count). The highest BCUT2D eigenvalue weighted by molar-refractivity contribution is 5.62. The fourth-order valence-corrected chi connectivity index (χ4v) is 4.18. The SMILES string of the molecule is CN(Cc1ccccc1)C1CCc2c(ccc(OCc3ccccc3)c2N)C1O. The number of nitrogens with two attached hydrogens (primary N) is 1. The number of fused-ring (bicyclic) bond motifs is 1. The summed E-state index contributed by atoms with van der Waals surface area (Å²) in [5, 5.41) is 11.1. The number of anilines is 1. The Morgan fingerprint density at radius 1 is 0.966 bits per heavy atom. The lowest BCUT2D eigenvalue weighted by Crippen LogP contribution is -2.39. The average Bonchev–Trinajstić information content (AvgIpc) is 2.75. The minimum atomic E-state index is -0.557. The van der Waals surface area contributed by atoms with E-state index in [-0.39, 0.29) is 6.04 Å². The summed E-state index contributed by atoms with van der Waals surface area (Å²) in [6.07, 6.45) is 1.15. The Hall–Kier alpha value is -2.82. The number of nitrogen functional groups attached to an aromatic ring is 1. The van der Waals surface area contributed by atoms with E-state index in [0.29, 0.717) is 18.0 Å². The van der Waals surface area contributed by atoms with Gasteiger partial charge in [-0.05, 0) is 48.2 Å². The molecule has 0 spiro atoms. The maximum absolute atomic E-state index is 11.1. The summed E-state index contributed by atoms with van der Waals surface area (Å²) >= 11 is 0. The van der Waals surface area contributed by atoms with E-state index in [1.165, 1.54) is 5.56 Å². The number of hydrogen-bond donors (Lipinski definition) is 2. The predicted octanol–water partition coefficient (Wildman–Crippen LogP) is 4.33. The molecule has 0 bridgehead atoms. The second-order valence-electron chi connectivity index (χ2n) is 7.77. The number of rotatable bonds is 6. The van der Waals surface area contributed by atoms with Crippen LogP contribution in [0.4, 0.5) is 5.69 Å². The molecule has 3 aromatic carbocycles. The molecule has 0 radical (unpaired) electrons. The zero-order valence-corrected chi connectivity index (χ0v) is 16.8. The third kappa shape index (κ3) is 4.29. The maximum atomic E-state index is 11.1. The van der Waals surface area contributed by atoms with Crippen LogP contribution in [-0.4, -0.2) is 23.1 Å². The Morgan fingerprint density at radius 3 is 2.31 bits per heavy atom. The van der Waals surface area contributed by atoms with Gasteiger partial charge in [0, 0.05) is 12.6 Å². The molecule has 150 valence electrons. The first kappa shape index (κ1) is 19.5. The van der Waals surface area contributed by atoms with Gasteiger partial charge in [0.05, 0.1) is 11.8 Å². The van der Waals surface area contributed by atoms with Crippen LogP contribution in [0, 0.1) is 0 Å². The van der Waals surface area contributed by atoms with Crippen LogP contribution in [0.1, 0.15) is 34.8 Å². The van der Waals surface area contributed by atoms with E-state index in [0.717, 1.165) is 36.1 Å². The van der Waals surface area contributed by atoms with Gasteiger partial charge < -0.3 is 15.6 Å². The van der Waals surface area contributed by atoms with Crippen molar-refractivity contribution in [2.75, 3.05) is 12.8 Å². The zero-order chi connectivity index (χ0) is 20.2. The normalized spacial score (nSPS) is 18.4. The second-order valence-corrected chi connectivity index (χ2v) is 7.77. The van der Waals surface area contributed by atoms with Crippen molar-refractivity contribution in [2.45, 2.75) is 38.1 Å². The smallest absolute Gasteiger partial charge is 0.142 e. The first-order valence-corrected chi connectivity index (χ1v) is 10.1. The maximum Gasteiger partial charge on any atom is 0.142 e. The van der Waals surface area contributed by atoms with E-state index in [4.69, 9.17) is 10.5 Å². The van der Waals surface area contributed by atoms with Crippen LogP contribution < -0.4 is 10.5 Å². The quantitative estimate of drug-likeness (QED) is 0.617. The molecule has 1 aliphatic carbocycles. The standard InChI is InChI=1S/C25H28N2O2/c1-27(16-18-8-4-2-5-9-18)22-14-12-20-21(25(22)28)13-15-23(24(20)26)29-17-19-10-6-3-7-11-19/h2-11,13,15,22,25,28H,12,14,16-17,26H2,1H3. The van der Waals surface area contributed by atoms with Gasteiger partial charge in [-0.25, -0.2) is 0 Å². The summed E-state index contributed by atoms with van der Waals surface area (Å²) in [7, 11) is 2.08. The highest BCUT2D eigenvalue weighted by atomic mass is 16.5. The molecule has 1 aliphatic rings. The third-order valence-electron chi connectivity index (χ3n) is 5.80. The van der Waals surface area contributed by atoms with Gasteiger partial charge in [0.1, 0.15) is 12.4 Å². The van der Waals surface area contributed by atoms with Crippen molar-refractivity contribution in [2.24, 2.45) is 0 Å². The lowest BCUT2D eigenvalue weighted by Gasteiger charge is -2.37. The molecule has 2 atom stereocenters. The molecular weight excluding hydrogens is 360 g/mol. The fraction of sp³-hybridized carbons (Fsp3) is 0.280. The van der Waals surface area contributed by atoms with Crippen LogP contribution in [0.15, 0.2) is 72.8 Å². The van der Waals surface area contributed by atoms with E-state index in [1.807, 2.05) is 60.7 Å². The van der Waals surface area contributed by atoms with E-state index < -0.39 is 6.10 Å². The molecular formula is C25H28N2O2. The van der Waals surface area contributed by atoms with Crippen LogP contribution in [0.25, 0.3) is 0 Å². The molecule has 3 aromatic rings. The topological polar surface area (TPSA) is 58.7 Å². The minimum Gasteiger partial charge on any atom is -0.487 e. The van der Waals surface area contributed by atoms with Crippen LogP contribution in [-0.2, 0) is 19.6 Å². The highest BCUT2D eigenvalue weighted by Gasteiger charge is 2.32. The molecule has 0 saturated heterocycles. The van der Waals surface area contributed by atoms with Gasteiger partial charge >= 0.3 is 0 Å².